The molecular formula is C27H36N4O3. The van der Waals surface area contributed by atoms with Crippen LogP contribution in [0.2, 0.25) is 0 Å². The molecule has 182 valence electrons. The summed E-state index contributed by atoms with van der Waals surface area (Å²) < 4.78 is 5.15. The molecule has 1 N–H and O–H groups in total. The number of carbonyl (C=O) groups excluding carboxylic acids is 2. The summed E-state index contributed by atoms with van der Waals surface area (Å²) in [4.78, 5) is 32.5. The van der Waals surface area contributed by atoms with Gasteiger partial charge in [-0.05, 0) is 24.0 Å². The van der Waals surface area contributed by atoms with Gasteiger partial charge >= 0.3 is 0 Å². The normalized spacial score (nSPS) is 20.6. The van der Waals surface area contributed by atoms with E-state index in [-0.39, 0.29) is 24.5 Å². The Bertz CT molecular complexity index is 918. The lowest BCUT2D eigenvalue weighted by atomic mass is 10.1. The molecular weight excluding hydrogens is 428 g/mol. The van der Waals surface area contributed by atoms with Crippen molar-refractivity contribution in [3.63, 3.8) is 0 Å². The average Bonchev–Trinajstić information content (AvgIpc) is 3.33. The Labute approximate surface area is 202 Å². The molecule has 2 aromatic carbocycles. The number of likely N-dealkylation sites (tertiary alicyclic amines) is 1. The van der Waals surface area contributed by atoms with Crippen LogP contribution in [0.25, 0.3) is 0 Å². The largest absolute Gasteiger partial charge is 0.375 e. The fourth-order valence-corrected chi connectivity index (χ4v) is 5.02. The van der Waals surface area contributed by atoms with Crippen LogP contribution in [0.1, 0.15) is 17.5 Å². The summed E-state index contributed by atoms with van der Waals surface area (Å²) in [6.45, 7) is 5.18. The highest BCUT2D eigenvalue weighted by molar-refractivity contribution is 5.89. The van der Waals surface area contributed by atoms with Crippen molar-refractivity contribution in [1.29, 1.82) is 0 Å². The summed E-state index contributed by atoms with van der Waals surface area (Å²) in [5.41, 5.74) is 2.53. The molecule has 0 spiro atoms. The Morgan fingerprint density at radius 2 is 1.65 bits per heavy atom. The van der Waals surface area contributed by atoms with Crippen molar-refractivity contribution in [3.8, 4) is 0 Å². The van der Waals surface area contributed by atoms with E-state index in [9.17, 15) is 9.59 Å². The monoisotopic (exact) mass is 464 g/mol. The number of carbonyl (C=O) groups is 2. The predicted octanol–water partition coefficient (Wildman–Crippen LogP) is 1.78. The number of piperazine rings is 1. The zero-order chi connectivity index (χ0) is 23.8. The summed E-state index contributed by atoms with van der Waals surface area (Å²) in [7, 11) is 1.53. The van der Waals surface area contributed by atoms with Gasteiger partial charge in [0, 0.05) is 59.0 Å². The van der Waals surface area contributed by atoms with Crippen LogP contribution in [0, 0.1) is 0 Å². The first-order valence-corrected chi connectivity index (χ1v) is 12.3. The summed E-state index contributed by atoms with van der Waals surface area (Å²) >= 11 is 0. The highest BCUT2D eigenvalue weighted by Gasteiger charge is 2.43. The smallest absolute Gasteiger partial charge is 0.249 e. The minimum Gasteiger partial charge on any atom is -0.375 e. The van der Waals surface area contributed by atoms with Crippen molar-refractivity contribution in [1.82, 2.24) is 20.0 Å². The topological polar surface area (TPSA) is 65.1 Å². The fraction of sp³-hybridized carbons (Fsp3) is 0.481. The Hall–Kier alpha value is -2.74. The van der Waals surface area contributed by atoms with Gasteiger partial charge in [0.05, 0.1) is 0 Å². The van der Waals surface area contributed by atoms with E-state index >= 15 is 0 Å². The number of amides is 2. The van der Waals surface area contributed by atoms with Crippen molar-refractivity contribution in [2.45, 2.75) is 31.5 Å². The van der Waals surface area contributed by atoms with E-state index in [0.29, 0.717) is 26.1 Å². The molecule has 2 aromatic rings. The maximum atomic E-state index is 13.5. The minimum atomic E-state index is -0.430. The molecule has 7 nitrogen and oxygen atoms in total. The van der Waals surface area contributed by atoms with Crippen LogP contribution in [-0.4, -0.2) is 91.6 Å². The third kappa shape index (κ3) is 6.23. The van der Waals surface area contributed by atoms with E-state index in [1.807, 2.05) is 17.0 Å². The number of nitrogens with zero attached hydrogens (tertiary/aromatic N) is 3. The van der Waals surface area contributed by atoms with Gasteiger partial charge in [-0.1, -0.05) is 60.7 Å². The van der Waals surface area contributed by atoms with Crippen LogP contribution in [0.15, 0.2) is 60.7 Å². The second-order valence-corrected chi connectivity index (χ2v) is 9.15. The van der Waals surface area contributed by atoms with Gasteiger partial charge in [-0.3, -0.25) is 14.5 Å². The Balaban J connectivity index is 1.53. The second-order valence-electron chi connectivity index (χ2n) is 9.15. The third-order valence-electron chi connectivity index (χ3n) is 6.86. The highest BCUT2D eigenvalue weighted by atomic mass is 16.5. The van der Waals surface area contributed by atoms with Crippen LogP contribution in [0.4, 0.5) is 0 Å². The second kappa shape index (κ2) is 12.1. The summed E-state index contributed by atoms with van der Waals surface area (Å²) in [5, 5.41) is 3.30. The zero-order valence-corrected chi connectivity index (χ0v) is 20.1. The number of ether oxygens (including phenoxy) is 1. The van der Waals surface area contributed by atoms with Gasteiger partial charge in [0.1, 0.15) is 12.6 Å². The van der Waals surface area contributed by atoms with E-state index < -0.39 is 6.04 Å². The van der Waals surface area contributed by atoms with Crippen molar-refractivity contribution in [2.75, 3.05) is 53.0 Å². The predicted molar refractivity (Wildman–Crippen MR) is 132 cm³/mol. The van der Waals surface area contributed by atoms with E-state index in [4.69, 9.17) is 4.74 Å². The molecule has 2 unspecified atom stereocenters. The van der Waals surface area contributed by atoms with E-state index in [2.05, 4.69) is 58.7 Å². The van der Waals surface area contributed by atoms with Gasteiger partial charge in [-0.25, -0.2) is 0 Å². The van der Waals surface area contributed by atoms with Crippen LogP contribution < -0.4 is 5.32 Å². The van der Waals surface area contributed by atoms with Gasteiger partial charge in [0.25, 0.3) is 0 Å². The molecule has 2 aliphatic rings. The molecule has 2 amide bonds. The van der Waals surface area contributed by atoms with Gasteiger partial charge in [0.2, 0.25) is 11.8 Å². The molecule has 2 heterocycles. The van der Waals surface area contributed by atoms with Crippen molar-refractivity contribution < 1.29 is 14.3 Å². The highest BCUT2D eigenvalue weighted by Crippen LogP contribution is 2.26. The number of benzene rings is 2. The molecule has 4 rings (SSSR count). The molecule has 0 bridgehead atoms. The Morgan fingerprint density at radius 1 is 1.00 bits per heavy atom. The lowest BCUT2D eigenvalue weighted by Gasteiger charge is -2.32. The van der Waals surface area contributed by atoms with Gasteiger partial charge in [0.15, 0.2) is 0 Å². The number of nitrogens with one attached hydrogen (secondary N) is 1. The van der Waals surface area contributed by atoms with Crippen LogP contribution >= 0.6 is 0 Å². The zero-order valence-electron chi connectivity index (χ0n) is 20.1. The van der Waals surface area contributed by atoms with Gasteiger partial charge in [-0.2, -0.15) is 0 Å². The quantitative estimate of drug-likeness (QED) is 0.613. The van der Waals surface area contributed by atoms with E-state index in [1.165, 1.54) is 18.2 Å². The van der Waals surface area contributed by atoms with Gasteiger partial charge in [-0.15, -0.1) is 0 Å². The molecule has 0 aromatic heterocycles. The lowest BCUT2D eigenvalue weighted by molar-refractivity contribution is -0.146. The number of hydrogen-bond donors (Lipinski definition) is 1. The third-order valence-corrected chi connectivity index (χ3v) is 6.86. The van der Waals surface area contributed by atoms with Crippen molar-refractivity contribution in [3.05, 3.63) is 71.8 Å². The maximum absolute atomic E-state index is 13.5. The number of methoxy groups -OCH3 is 1. The molecule has 0 radical (unpaired) electrons. The maximum Gasteiger partial charge on any atom is 0.249 e. The summed E-state index contributed by atoms with van der Waals surface area (Å²) in [5.74, 6) is -0.0441. The molecule has 0 saturated carbocycles. The standard InChI is InChI=1S/C27H36N4O3/c1-34-21-26(32)31-20-24(18-25(31)27(33)29-16-13-28-14-17-29)30(19-23-10-6-3-7-11-23)15-12-22-8-4-2-5-9-22/h2-11,24-25,28H,12-21H2,1H3. The van der Waals surface area contributed by atoms with Crippen LogP contribution in [0.5, 0.6) is 0 Å². The minimum absolute atomic E-state index is 0.000750. The molecule has 2 aliphatic heterocycles. The first-order valence-electron chi connectivity index (χ1n) is 12.3. The van der Waals surface area contributed by atoms with Crippen molar-refractivity contribution >= 4 is 11.8 Å². The Kier molecular flexibility index (Phi) is 8.68. The van der Waals surface area contributed by atoms with Crippen LogP contribution in [-0.2, 0) is 27.3 Å². The van der Waals surface area contributed by atoms with E-state index in [1.54, 1.807) is 4.90 Å². The average molecular weight is 465 g/mol. The summed E-state index contributed by atoms with van der Waals surface area (Å²) in [6.07, 6.45) is 1.58. The Morgan fingerprint density at radius 3 is 2.29 bits per heavy atom. The summed E-state index contributed by atoms with van der Waals surface area (Å²) in [6, 6.07) is 20.6. The molecule has 2 saturated heterocycles. The van der Waals surface area contributed by atoms with Gasteiger partial charge < -0.3 is 19.9 Å². The molecule has 2 fully saturated rings. The molecule has 7 heteroatoms. The fourth-order valence-electron chi connectivity index (χ4n) is 5.02. The van der Waals surface area contributed by atoms with Crippen LogP contribution in [0.3, 0.4) is 0 Å². The van der Waals surface area contributed by atoms with E-state index in [0.717, 1.165) is 32.6 Å². The molecule has 2 atom stereocenters. The van der Waals surface area contributed by atoms with Crippen molar-refractivity contribution in [2.24, 2.45) is 0 Å². The lowest BCUT2D eigenvalue weighted by Crippen LogP contribution is -2.53. The SMILES string of the molecule is COCC(=O)N1CC(N(CCc2ccccc2)Cc2ccccc2)CC1C(=O)N1CCNCC1. The first-order chi connectivity index (χ1) is 16.7. The molecule has 0 aliphatic carbocycles. The number of hydrogen-bond acceptors (Lipinski definition) is 5. The number of rotatable bonds is 9. The first kappa shape index (κ1) is 24.4. The molecule has 34 heavy (non-hydrogen) atoms.